The summed E-state index contributed by atoms with van der Waals surface area (Å²) < 4.78 is 14.7. The van der Waals surface area contributed by atoms with Crippen LogP contribution in [0.5, 0.6) is 0 Å². The van der Waals surface area contributed by atoms with Gasteiger partial charge in [-0.3, -0.25) is 9.59 Å². The summed E-state index contributed by atoms with van der Waals surface area (Å²) in [5.41, 5.74) is 0. The number of Topliss-reactive ketones (excluding diaryl/α,β-unsaturated/α-hetero) is 1. The largest absolute Gasteiger partial charge is 0.519 e. The molecule has 0 aliphatic heterocycles. The summed E-state index contributed by atoms with van der Waals surface area (Å²) in [6, 6.07) is 0. The van der Waals surface area contributed by atoms with E-state index in [1.165, 1.54) is 25.7 Å². The highest BCUT2D eigenvalue weighted by Crippen LogP contribution is 2.13. The molecule has 6 heteroatoms. The summed E-state index contributed by atoms with van der Waals surface area (Å²) in [7, 11) is 0. The first-order chi connectivity index (χ1) is 14.9. The summed E-state index contributed by atoms with van der Waals surface area (Å²) in [6.45, 7) is 5.67. The summed E-state index contributed by atoms with van der Waals surface area (Å²) >= 11 is 0. The minimum atomic E-state index is -0.788. The molecule has 0 saturated carbocycles. The molecule has 0 unspecified atom stereocenters. The zero-order valence-electron chi connectivity index (χ0n) is 19.6. The van der Waals surface area contributed by atoms with Crippen LogP contribution in [0.3, 0.4) is 0 Å². The molecule has 0 fully saturated rings. The number of carbonyl (C=O) groups excluding carboxylic acids is 2. The van der Waals surface area contributed by atoms with Crippen LogP contribution in [0.2, 0.25) is 0 Å². The molecule has 0 aromatic carbocycles. The molecule has 1 aromatic rings. The van der Waals surface area contributed by atoms with Crippen LogP contribution in [-0.2, 0) is 20.9 Å². The maximum atomic E-state index is 11.9. The first-order valence-corrected chi connectivity index (χ1v) is 11.9. The number of allylic oxidation sites excluding steroid dienone is 2. The van der Waals surface area contributed by atoms with Crippen molar-refractivity contribution in [1.29, 1.82) is 0 Å². The van der Waals surface area contributed by atoms with E-state index in [2.05, 4.69) is 13.0 Å². The second-order valence-electron chi connectivity index (χ2n) is 8.36. The predicted molar refractivity (Wildman–Crippen MR) is 121 cm³/mol. The summed E-state index contributed by atoms with van der Waals surface area (Å²) in [6.07, 6.45) is 17.2. The highest BCUT2D eigenvalue weighted by atomic mass is 16.6. The molecule has 0 aliphatic carbocycles. The molecule has 0 saturated heterocycles. The van der Waals surface area contributed by atoms with Gasteiger partial charge in [-0.15, -0.1) is 0 Å². The smallest absolute Gasteiger partial charge is 0.457 e. The van der Waals surface area contributed by atoms with E-state index in [9.17, 15) is 14.4 Å². The Hall–Kier alpha value is -2.11. The van der Waals surface area contributed by atoms with E-state index in [-0.39, 0.29) is 30.7 Å². The molecule has 1 aromatic heterocycles. The average Bonchev–Trinajstić information content (AvgIpc) is 3.05. The van der Waals surface area contributed by atoms with E-state index in [1.54, 1.807) is 6.92 Å². The lowest BCUT2D eigenvalue weighted by Crippen LogP contribution is -2.08. The number of hydrogen-bond donors (Lipinski definition) is 0. The van der Waals surface area contributed by atoms with Crippen molar-refractivity contribution in [3.8, 4) is 0 Å². The van der Waals surface area contributed by atoms with E-state index in [0.29, 0.717) is 11.5 Å². The fraction of sp³-hybridized carbons (Fsp3) is 0.720. The van der Waals surface area contributed by atoms with Crippen molar-refractivity contribution in [2.75, 3.05) is 0 Å². The number of ketones is 1. The van der Waals surface area contributed by atoms with Crippen molar-refractivity contribution < 1.29 is 23.2 Å². The molecule has 0 aliphatic rings. The lowest BCUT2D eigenvalue weighted by molar-refractivity contribution is -0.146. The van der Waals surface area contributed by atoms with Crippen molar-refractivity contribution in [3.63, 3.8) is 0 Å². The fourth-order valence-electron chi connectivity index (χ4n) is 3.36. The van der Waals surface area contributed by atoms with Gasteiger partial charge in [-0.25, -0.2) is 4.79 Å². The topological polar surface area (TPSA) is 86.7 Å². The van der Waals surface area contributed by atoms with Gasteiger partial charge in [-0.2, -0.15) is 0 Å². The van der Waals surface area contributed by atoms with Crippen LogP contribution in [0.1, 0.15) is 109 Å². The Morgan fingerprint density at radius 1 is 0.968 bits per heavy atom. The Labute approximate surface area is 186 Å². The molecular formula is C25H40O6. The fourth-order valence-corrected chi connectivity index (χ4v) is 3.36. The number of rotatable bonds is 18. The van der Waals surface area contributed by atoms with Gasteiger partial charge >= 0.3 is 11.8 Å². The average molecular weight is 437 g/mol. The summed E-state index contributed by atoms with van der Waals surface area (Å²) in [5, 5.41) is 0. The third-order valence-corrected chi connectivity index (χ3v) is 5.29. The lowest BCUT2D eigenvalue weighted by Gasteiger charge is -2.06. The van der Waals surface area contributed by atoms with Gasteiger partial charge in [0.1, 0.15) is 5.78 Å². The molecule has 176 valence electrons. The number of unbranched alkanes of at least 4 members (excludes halogenated alkanes) is 8. The SMILES string of the molecule is CCCCCCCC(=O)CCCCCC/C=C/[C@H](C)CC(=O)OCc1oc(=O)oc1C. The van der Waals surface area contributed by atoms with Gasteiger partial charge in [0.05, 0.1) is 6.42 Å². The van der Waals surface area contributed by atoms with Gasteiger partial charge < -0.3 is 13.6 Å². The standard InChI is InChI=1S/C25H40O6/c1-4-5-6-9-13-16-22(26)17-14-11-8-7-10-12-15-20(2)18-24(27)29-19-23-21(3)30-25(28)31-23/h12,15,20H,4-11,13-14,16-19H2,1-3H3/b15-12+/t20-/m0/s1. The molecule has 0 amide bonds. The Morgan fingerprint density at radius 3 is 2.23 bits per heavy atom. The van der Waals surface area contributed by atoms with Gasteiger partial charge in [-0.05, 0) is 38.5 Å². The second-order valence-corrected chi connectivity index (χ2v) is 8.36. The maximum Gasteiger partial charge on any atom is 0.519 e. The number of aryl methyl sites for hydroxylation is 1. The van der Waals surface area contributed by atoms with Gasteiger partial charge in [0.2, 0.25) is 0 Å². The van der Waals surface area contributed by atoms with Crippen LogP contribution in [0.15, 0.2) is 25.8 Å². The lowest BCUT2D eigenvalue weighted by atomic mass is 10.0. The monoisotopic (exact) mass is 436 g/mol. The number of esters is 1. The Kier molecular flexibility index (Phi) is 14.4. The van der Waals surface area contributed by atoms with Crippen molar-refractivity contribution >= 4 is 11.8 Å². The van der Waals surface area contributed by atoms with Crippen molar-refractivity contribution in [2.45, 2.75) is 111 Å². The number of carbonyl (C=O) groups is 2. The minimum Gasteiger partial charge on any atom is -0.457 e. The van der Waals surface area contributed by atoms with Crippen LogP contribution in [0, 0.1) is 12.8 Å². The zero-order chi connectivity index (χ0) is 22.9. The van der Waals surface area contributed by atoms with Gasteiger partial charge in [0.15, 0.2) is 18.1 Å². The van der Waals surface area contributed by atoms with Crippen LogP contribution in [-0.4, -0.2) is 11.8 Å². The molecular weight excluding hydrogens is 396 g/mol. The highest BCUT2D eigenvalue weighted by molar-refractivity contribution is 5.78. The first-order valence-electron chi connectivity index (χ1n) is 11.9. The molecule has 0 spiro atoms. The van der Waals surface area contributed by atoms with Crippen LogP contribution in [0.4, 0.5) is 0 Å². The molecule has 0 bridgehead atoms. The Bertz CT molecular complexity index is 712. The number of ether oxygens (including phenoxy) is 1. The normalized spacial score (nSPS) is 12.4. The molecule has 0 N–H and O–H groups in total. The van der Waals surface area contributed by atoms with Crippen LogP contribution >= 0.6 is 0 Å². The van der Waals surface area contributed by atoms with E-state index in [4.69, 9.17) is 13.6 Å². The van der Waals surface area contributed by atoms with Crippen molar-refractivity contribution in [1.82, 2.24) is 0 Å². The molecule has 1 rings (SSSR count). The maximum absolute atomic E-state index is 11.9. The molecule has 6 nitrogen and oxygen atoms in total. The van der Waals surface area contributed by atoms with Crippen LogP contribution < -0.4 is 5.82 Å². The quantitative estimate of drug-likeness (QED) is 0.150. The highest BCUT2D eigenvalue weighted by Gasteiger charge is 2.13. The van der Waals surface area contributed by atoms with Crippen molar-refractivity contribution in [3.05, 3.63) is 34.3 Å². The molecule has 0 radical (unpaired) electrons. The van der Waals surface area contributed by atoms with Gasteiger partial charge in [-0.1, -0.05) is 64.5 Å². The zero-order valence-corrected chi connectivity index (χ0v) is 19.6. The second kappa shape index (κ2) is 16.6. The van der Waals surface area contributed by atoms with E-state index >= 15 is 0 Å². The van der Waals surface area contributed by atoms with Gasteiger partial charge in [0, 0.05) is 12.8 Å². The Balaban J connectivity index is 2.00. The van der Waals surface area contributed by atoms with Crippen LogP contribution in [0.25, 0.3) is 0 Å². The first kappa shape index (κ1) is 26.9. The number of hydrogen-bond acceptors (Lipinski definition) is 6. The molecule has 1 atom stereocenters. The van der Waals surface area contributed by atoms with Gasteiger partial charge in [0.25, 0.3) is 0 Å². The minimum absolute atomic E-state index is 0.0832. The third kappa shape index (κ3) is 13.7. The molecule has 1 heterocycles. The van der Waals surface area contributed by atoms with E-state index in [1.807, 2.05) is 13.0 Å². The van der Waals surface area contributed by atoms with E-state index in [0.717, 1.165) is 51.4 Å². The Morgan fingerprint density at radius 2 is 1.61 bits per heavy atom. The molecule has 31 heavy (non-hydrogen) atoms. The summed E-state index contributed by atoms with van der Waals surface area (Å²) in [5.74, 6) is -0.0468. The summed E-state index contributed by atoms with van der Waals surface area (Å²) in [4.78, 5) is 34.7. The van der Waals surface area contributed by atoms with E-state index < -0.39 is 5.82 Å². The third-order valence-electron chi connectivity index (χ3n) is 5.29. The van der Waals surface area contributed by atoms with Crippen molar-refractivity contribution in [2.24, 2.45) is 5.92 Å². The predicted octanol–water partition coefficient (Wildman–Crippen LogP) is 6.44.